The molecular weight excluding hydrogens is 418 g/mol. The molecule has 0 saturated carbocycles. The largest absolute Gasteiger partial charge is 0.463 e. The first-order valence-electron chi connectivity index (χ1n) is 11.5. The normalized spacial score (nSPS) is 15.5. The molecule has 1 atom stereocenters. The Kier molecular flexibility index (Phi) is 5.23. The standard InChI is InChI=1S/C25H29N5O3/c1-5-23-26-30(25(32)21-15-22-20(29(21)23)9-14-33-22)18(4)24(31)28-12-10-27(11-13-28)19-8-6-7-16(2)17(19)3/h6-9,14-15,18H,5,10-13H2,1-4H3/t18-/m1/s1. The highest BCUT2D eigenvalue weighted by Gasteiger charge is 2.29. The van der Waals surface area contributed by atoms with E-state index in [1.54, 1.807) is 19.3 Å². The topological polar surface area (TPSA) is 76.0 Å². The van der Waals surface area contributed by atoms with E-state index in [1.807, 2.05) is 22.3 Å². The van der Waals surface area contributed by atoms with Crippen molar-refractivity contribution in [2.75, 3.05) is 31.1 Å². The molecule has 1 aromatic carbocycles. The molecular formula is C25H29N5O3. The van der Waals surface area contributed by atoms with Crippen LogP contribution < -0.4 is 10.5 Å². The van der Waals surface area contributed by atoms with Crippen molar-refractivity contribution in [1.29, 1.82) is 0 Å². The van der Waals surface area contributed by atoms with E-state index in [4.69, 9.17) is 4.42 Å². The third kappa shape index (κ3) is 3.41. The highest BCUT2D eigenvalue weighted by atomic mass is 16.3. The molecule has 1 aliphatic rings. The van der Waals surface area contributed by atoms with Gasteiger partial charge in [-0.3, -0.25) is 14.0 Å². The van der Waals surface area contributed by atoms with E-state index in [0.29, 0.717) is 30.6 Å². The average molecular weight is 448 g/mol. The van der Waals surface area contributed by atoms with Crippen molar-refractivity contribution in [3.8, 4) is 0 Å². The number of piperazine rings is 1. The van der Waals surface area contributed by atoms with Crippen LogP contribution in [0.1, 0.15) is 36.8 Å². The minimum Gasteiger partial charge on any atom is -0.463 e. The van der Waals surface area contributed by atoms with Crippen LogP contribution in [0.3, 0.4) is 0 Å². The summed E-state index contributed by atoms with van der Waals surface area (Å²) in [6.45, 7) is 10.8. The zero-order valence-corrected chi connectivity index (χ0v) is 19.5. The third-order valence-corrected chi connectivity index (χ3v) is 6.88. The Hall–Kier alpha value is -3.55. The van der Waals surface area contributed by atoms with Gasteiger partial charge in [-0.25, -0.2) is 4.68 Å². The van der Waals surface area contributed by atoms with Crippen molar-refractivity contribution in [3.63, 3.8) is 0 Å². The van der Waals surface area contributed by atoms with Crippen LogP contribution in [0.25, 0.3) is 16.6 Å². The van der Waals surface area contributed by atoms with E-state index < -0.39 is 6.04 Å². The van der Waals surface area contributed by atoms with Gasteiger partial charge in [0.2, 0.25) is 5.91 Å². The summed E-state index contributed by atoms with van der Waals surface area (Å²) in [4.78, 5) is 30.8. The molecule has 1 aliphatic heterocycles. The number of hydrogen-bond donors (Lipinski definition) is 0. The second kappa shape index (κ2) is 8.10. The van der Waals surface area contributed by atoms with Gasteiger partial charge in [-0.05, 0) is 38.0 Å². The molecule has 1 fully saturated rings. The molecule has 0 spiro atoms. The van der Waals surface area contributed by atoms with Gasteiger partial charge in [0.15, 0.2) is 5.58 Å². The number of fused-ring (bicyclic) bond motifs is 3. The predicted molar refractivity (Wildman–Crippen MR) is 128 cm³/mol. The highest BCUT2D eigenvalue weighted by molar-refractivity contribution is 5.83. The molecule has 8 nitrogen and oxygen atoms in total. The smallest absolute Gasteiger partial charge is 0.291 e. The molecule has 0 aliphatic carbocycles. The lowest BCUT2D eigenvalue weighted by Crippen LogP contribution is -2.51. The minimum absolute atomic E-state index is 0.0770. The zero-order chi connectivity index (χ0) is 23.3. The number of carbonyl (C=O) groups excluding carboxylic acids is 1. The van der Waals surface area contributed by atoms with Crippen LogP contribution in [-0.4, -0.2) is 51.2 Å². The van der Waals surface area contributed by atoms with Crippen LogP contribution in [-0.2, 0) is 11.2 Å². The summed E-state index contributed by atoms with van der Waals surface area (Å²) in [5, 5.41) is 4.59. The quantitative estimate of drug-likeness (QED) is 0.480. The summed E-state index contributed by atoms with van der Waals surface area (Å²) in [5.74, 6) is 0.646. The van der Waals surface area contributed by atoms with Crippen LogP contribution >= 0.6 is 0 Å². The Balaban J connectivity index is 1.39. The highest BCUT2D eigenvalue weighted by Crippen LogP contribution is 2.25. The first-order chi connectivity index (χ1) is 15.9. The Bertz CT molecular complexity index is 1400. The van der Waals surface area contributed by atoms with Gasteiger partial charge in [-0.2, -0.15) is 5.10 Å². The van der Waals surface area contributed by atoms with Gasteiger partial charge in [0.25, 0.3) is 5.56 Å². The van der Waals surface area contributed by atoms with Crippen molar-refractivity contribution < 1.29 is 9.21 Å². The molecule has 5 rings (SSSR count). The Labute approximate surface area is 192 Å². The molecule has 4 aromatic rings. The van der Waals surface area contributed by atoms with Crippen LogP contribution in [0.2, 0.25) is 0 Å². The summed E-state index contributed by atoms with van der Waals surface area (Å²) in [6.07, 6.45) is 2.23. The summed E-state index contributed by atoms with van der Waals surface area (Å²) >= 11 is 0. The molecule has 0 N–H and O–H groups in total. The summed E-state index contributed by atoms with van der Waals surface area (Å²) in [5.41, 5.74) is 5.43. The van der Waals surface area contributed by atoms with Crippen LogP contribution in [0.15, 0.2) is 45.8 Å². The molecule has 1 amide bonds. The van der Waals surface area contributed by atoms with Gasteiger partial charge in [-0.15, -0.1) is 0 Å². The molecule has 33 heavy (non-hydrogen) atoms. The lowest BCUT2D eigenvalue weighted by atomic mass is 10.1. The number of aromatic nitrogens is 3. The first-order valence-corrected chi connectivity index (χ1v) is 11.5. The van der Waals surface area contributed by atoms with Gasteiger partial charge in [-0.1, -0.05) is 19.1 Å². The van der Waals surface area contributed by atoms with E-state index >= 15 is 0 Å². The monoisotopic (exact) mass is 447 g/mol. The third-order valence-electron chi connectivity index (χ3n) is 6.88. The summed E-state index contributed by atoms with van der Waals surface area (Å²) in [6, 6.07) is 9.22. The van der Waals surface area contributed by atoms with Crippen LogP contribution in [0.4, 0.5) is 5.69 Å². The maximum Gasteiger partial charge on any atom is 0.291 e. The van der Waals surface area contributed by atoms with Gasteiger partial charge in [0.1, 0.15) is 17.4 Å². The van der Waals surface area contributed by atoms with Crippen molar-refractivity contribution in [2.24, 2.45) is 0 Å². The fraction of sp³-hybridized carbons (Fsp3) is 0.400. The number of amides is 1. The van der Waals surface area contributed by atoms with Crippen molar-refractivity contribution in [1.82, 2.24) is 19.1 Å². The van der Waals surface area contributed by atoms with Gasteiger partial charge in [0, 0.05) is 50.4 Å². The number of carbonyl (C=O) groups is 1. The molecule has 172 valence electrons. The molecule has 0 bridgehead atoms. The zero-order valence-electron chi connectivity index (χ0n) is 19.5. The molecule has 8 heteroatoms. The Morgan fingerprint density at radius 2 is 1.88 bits per heavy atom. The van der Waals surface area contributed by atoms with E-state index in [2.05, 4.69) is 42.0 Å². The maximum absolute atomic E-state index is 13.4. The second-order valence-corrected chi connectivity index (χ2v) is 8.76. The molecule has 1 saturated heterocycles. The van der Waals surface area contributed by atoms with E-state index in [9.17, 15) is 9.59 Å². The molecule has 0 unspecified atom stereocenters. The van der Waals surface area contributed by atoms with E-state index in [1.165, 1.54) is 21.5 Å². The average Bonchev–Trinajstić information content (AvgIpc) is 3.43. The number of nitrogens with zero attached hydrogens (tertiary/aromatic N) is 5. The number of rotatable bonds is 4. The number of benzene rings is 1. The number of aryl methyl sites for hydroxylation is 2. The first kappa shape index (κ1) is 21.3. The van der Waals surface area contributed by atoms with E-state index in [0.717, 1.165) is 24.4 Å². The summed E-state index contributed by atoms with van der Waals surface area (Å²) < 4.78 is 8.66. The number of hydrogen-bond acceptors (Lipinski definition) is 5. The fourth-order valence-corrected chi connectivity index (χ4v) is 4.80. The second-order valence-electron chi connectivity index (χ2n) is 8.76. The van der Waals surface area contributed by atoms with Gasteiger partial charge >= 0.3 is 0 Å². The predicted octanol–water partition coefficient (Wildman–Crippen LogP) is 3.33. The Morgan fingerprint density at radius 3 is 2.61 bits per heavy atom. The van der Waals surface area contributed by atoms with Gasteiger partial charge in [0.05, 0.1) is 11.8 Å². The molecule has 4 heterocycles. The minimum atomic E-state index is -0.679. The molecule has 3 aromatic heterocycles. The SMILES string of the molecule is CCc1nn([C@H](C)C(=O)N2CCN(c3cccc(C)c3C)CC2)c(=O)c2cc3occc3n12. The van der Waals surface area contributed by atoms with Crippen LogP contribution in [0, 0.1) is 13.8 Å². The van der Waals surface area contributed by atoms with Crippen molar-refractivity contribution in [2.45, 2.75) is 40.2 Å². The fourth-order valence-electron chi connectivity index (χ4n) is 4.80. The Morgan fingerprint density at radius 1 is 1.12 bits per heavy atom. The number of furan rings is 1. The van der Waals surface area contributed by atoms with E-state index in [-0.39, 0.29) is 11.5 Å². The van der Waals surface area contributed by atoms with Crippen molar-refractivity contribution in [3.05, 3.63) is 63.9 Å². The maximum atomic E-state index is 13.4. The molecule has 0 radical (unpaired) electrons. The van der Waals surface area contributed by atoms with Gasteiger partial charge < -0.3 is 14.2 Å². The lowest BCUT2D eigenvalue weighted by Gasteiger charge is -2.38. The van der Waals surface area contributed by atoms with Crippen molar-refractivity contribution >= 4 is 28.2 Å². The van der Waals surface area contributed by atoms with Crippen LogP contribution in [0.5, 0.6) is 0 Å². The summed E-state index contributed by atoms with van der Waals surface area (Å²) in [7, 11) is 0. The lowest BCUT2D eigenvalue weighted by molar-refractivity contribution is -0.135. The number of anilines is 1.